The Hall–Kier alpha value is -3.39. The Bertz CT molecular complexity index is 1070. The molecule has 0 aliphatic carbocycles. The molecule has 0 atom stereocenters. The van der Waals surface area contributed by atoms with Gasteiger partial charge in [-0.05, 0) is 43.5 Å². The number of nitrogens with two attached hydrogens (primary N) is 1. The van der Waals surface area contributed by atoms with E-state index < -0.39 is 11.7 Å². The van der Waals surface area contributed by atoms with Gasteiger partial charge in [-0.1, -0.05) is 13.0 Å². The van der Waals surface area contributed by atoms with Crippen molar-refractivity contribution in [3.63, 3.8) is 0 Å². The fraction of sp³-hybridized carbons (Fsp3) is 0.273. The first-order valence-corrected chi connectivity index (χ1v) is 9.89. The van der Waals surface area contributed by atoms with Gasteiger partial charge in [-0.3, -0.25) is 9.63 Å². The third-order valence-electron chi connectivity index (χ3n) is 5.04. The molecule has 1 aliphatic heterocycles. The van der Waals surface area contributed by atoms with Gasteiger partial charge in [-0.25, -0.2) is 24.4 Å². The van der Waals surface area contributed by atoms with Crippen molar-refractivity contribution in [3.8, 4) is 22.4 Å². The van der Waals surface area contributed by atoms with Crippen molar-refractivity contribution >= 4 is 11.7 Å². The number of anilines is 1. The minimum atomic E-state index is -0.621. The number of aromatic nitrogens is 3. The average molecular weight is 407 g/mol. The van der Waals surface area contributed by atoms with Crippen LogP contribution in [0.25, 0.3) is 22.4 Å². The fourth-order valence-electron chi connectivity index (χ4n) is 3.49. The summed E-state index contributed by atoms with van der Waals surface area (Å²) in [5.41, 5.74) is 9.18. The summed E-state index contributed by atoms with van der Waals surface area (Å²) in [7, 11) is 0. The van der Waals surface area contributed by atoms with E-state index in [1.54, 1.807) is 18.3 Å². The van der Waals surface area contributed by atoms with Crippen LogP contribution in [0.3, 0.4) is 0 Å². The third kappa shape index (κ3) is 3.86. The van der Waals surface area contributed by atoms with Crippen molar-refractivity contribution in [1.29, 1.82) is 0 Å². The van der Waals surface area contributed by atoms with E-state index in [1.807, 2.05) is 13.0 Å². The Morgan fingerprint density at radius 2 is 2.00 bits per heavy atom. The van der Waals surface area contributed by atoms with Crippen LogP contribution in [0.15, 0.2) is 42.9 Å². The second kappa shape index (κ2) is 8.54. The summed E-state index contributed by atoms with van der Waals surface area (Å²) >= 11 is 0. The first-order chi connectivity index (χ1) is 14.6. The lowest BCUT2D eigenvalue weighted by atomic mass is 9.97. The molecule has 1 aliphatic rings. The molecule has 0 saturated carbocycles. The number of rotatable bonds is 4. The van der Waals surface area contributed by atoms with Gasteiger partial charge >= 0.3 is 0 Å². The van der Waals surface area contributed by atoms with Crippen LogP contribution in [-0.4, -0.2) is 39.1 Å². The summed E-state index contributed by atoms with van der Waals surface area (Å²) in [5.74, 6) is -0.688. The smallest absolute Gasteiger partial charge is 0.280 e. The van der Waals surface area contributed by atoms with E-state index in [0.717, 1.165) is 29.7 Å². The summed E-state index contributed by atoms with van der Waals surface area (Å²) in [6, 6.07) is 8.03. The molecule has 3 heterocycles. The first-order valence-electron chi connectivity index (χ1n) is 9.89. The van der Waals surface area contributed by atoms with Gasteiger partial charge in [-0.2, -0.15) is 0 Å². The van der Waals surface area contributed by atoms with Crippen molar-refractivity contribution in [3.05, 3.63) is 59.9 Å². The molecule has 7 nitrogen and oxygen atoms in total. The van der Waals surface area contributed by atoms with Crippen molar-refractivity contribution in [2.45, 2.75) is 26.2 Å². The van der Waals surface area contributed by atoms with Crippen LogP contribution in [0.1, 0.15) is 35.8 Å². The highest BCUT2D eigenvalue weighted by molar-refractivity contribution is 5.94. The zero-order valence-corrected chi connectivity index (χ0v) is 16.6. The highest BCUT2D eigenvalue weighted by Crippen LogP contribution is 2.33. The Morgan fingerprint density at radius 3 is 2.67 bits per heavy atom. The number of hydrogen-bond donors (Lipinski definition) is 1. The summed E-state index contributed by atoms with van der Waals surface area (Å²) in [6.07, 6.45) is 5.51. The van der Waals surface area contributed by atoms with Crippen LogP contribution in [-0.2, 0) is 11.3 Å². The number of carbonyl (C=O) groups excluding carboxylic acids is 1. The normalized spacial score (nSPS) is 14.0. The number of halogens is 1. The number of amides is 1. The molecular formula is C22H22FN5O2. The van der Waals surface area contributed by atoms with Gasteiger partial charge in [0, 0.05) is 29.4 Å². The van der Waals surface area contributed by atoms with Gasteiger partial charge in [0.05, 0.1) is 23.6 Å². The maximum atomic E-state index is 14.9. The van der Waals surface area contributed by atoms with Crippen LogP contribution in [0.5, 0.6) is 0 Å². The molecule has 0 unspecified atom stereocenters. The Kier molecular flexibility index (Phi) is 5.67. The maximum absolute atomic E-state index is 14.9. The maximum Gasteiger partial charge on any atom is 0.280 e. The number of benzene rings is 1. The highest BCUT2D eigenvalue weighted by atomic mass is 19.1. The second-order valence-corrected chi connectivity index (χ2v) is 7.01. The predicted molar refractivity (Wildman–Crippen MR) is 111 cm³/mol. The van der Waals surface area contributed by atoms with Crippen LogP contribution in [0, 0.1) is 5.82 Å². The summed E-state index contributed by atoms with van der Waals surface area (Å²) < 4.78 is 14.9. The lowest BCUT2D eigenvalue weighted by Crippen LogP contribution is -2.36. The van der Waals surface area contributed by atoms with Gasteiger partial charge in [0.25, 0.3) is 5.91 Å². The zero-order valence-electron chi connectivity index (χ0n) is 16.6. The Balaban J connectivity index is 1.75. The quantitative estimate of drug-likeness (QED) is 0.709. The molecule has 1 saturated heterocycles. The predicted octanol–water partition coefficient (Wildman–Crippen LogP) is 3.66. The van der Waals surface area contributed by atoms with E-state index in [1.165, 1.54) is 23.5 Å². The molecule has 1 amide bonds. The molecule has 4 rings (SSSR count). The second-order valence-electron chi connectivity index (χ2n) is 7.01. The van der Waals surface area contributed by atoms with Crippen LogP contribution < -0.4 is 5.73 Å². The lowest BCUT2D eigenvalue weighted by molar-refractivity contribution is -0.144. The molecule has 2 N–H and O–H groups in total. The van der Waals surface area contributed by atoms with E-state index in [2.05, 4.69) is 15.0 Å². The molecule has 154 valence electrons. The fourth-order valence-corrected chi connectivity index (χ4v) is 3.49. The standard InChI is InChI=1S/C22H22FN5O2/c1-2-18-20(15-6-8-19(24)25-12-15)21(27-13-26-18)14-5-7-16(17(23)11-14)22(29)28-9-3-4-10-30-28/h5-8,11-13H,2-4,9-10H2,1H3,(H2,24,25). The van der Waals surface area contributed by atoms with Gasteiger partial charge in [-0.15, -0.1) is 0 Å². The van der Waals surface area contributed by atoms with E-state index in [9.17, 15) is 9.18 Å². The number of carbonyl (C=O) groups is 1. The molecule has 0 bridgehead atoms. The van der Waals surface area contributed by atoms with E-state index in [-0.39, 0.29) is 5.56 Å². The third-order valence-corrected chi connectivity index (χ3v) is 5.04. The lowest BCUT2D eigenvalue weighted by Gasteiger charge is -2.26. The first kappa shape index (κ1) is 19.9. The van der Waals surface area contributed by atoms with Gasteiger partial charge in [0.1, 0.15) is 18.0 Å². The molecule has 2 aromatic heterocycles. The van der Waals surface area contributed by atoms with Gasteiger partial charge in [0.15, 0.2) is 0 Å². The zero-order chi connectivity index (χ0) is 21.1. The van der Waals surface area contributed by atoms with E-state index in [4.69, 9.17) is 10.6 Å². The number of nitrogens with zero attached hydrogens (tertiary/aromatic N) is 4. The topological polar surface area (TPSA) is 94.2 Å². The highest BCUT2D eigenvalue weighted by Gasteiger charge is 2.23. The minimum absolute atomic E-state index is 0.0267. The molecular weight excluding hydrogens is 385 g/mol. The van der Waals surface area contributed by atoms with Crippen LogP contribution in [0.4, 0.5) is 10.2 Å². The minimum Gasteiger partial charge on any atom is -0.384 e. The van der Waals surface area contributed by atoms with E-state index >= 15 is 0 Å². The van der Waals surface area contributed by atoms with Crippen molar-refractivity contribution in [2.24, 2.45) is 0 Å². The molecule has 8 heteroatoms. The number of nitrogen functional groups attached to an aromatic ring is 1. The Morgan fingerprint density at radius 1 is 1.17 bits per heavy atom. The number of hydroxylamine groups is 2. The number of pyridine rings is 1. The summed E-state index contributed by atoms with van der Waals surface area (Å²) in [4.78, 5) is 30.9. The van der Waals surface area contributed by atoms with Gasteiger partial charge < -0.3 is 5.73 Å². The van der Waals surface area contributed by atoms with Crippen LogP contribution in [0.2, 0.25) is 0 Å². The molecule has 30 heavy (non-hydrogen) atoms. The average Bonchev–Trinajstić information content (AvgIpc) is 2.79. The van der Waals surface area contributed by atoms with Crippen LogP contribution >= 0.6 is 0 Å². The molecule has 3 aromatic rings. The van der Waals surface area contributed by atoms with Crippen molar-refractivity contribution in [1.82, 2.24) is 20.0 Å². The number of hydrogen-bond acceptors (Lipinski definition) is 6. The summed E-state index contributed by atoms with van der Waals surface area (Å²) in [5, 5.41) is 1.23. The Labute approximate surface area is 173 Å². The van der Waals surface area contributed by atoms with Gasteiger partial charge in [0.2, 0.25) is 0 Å². The molecule has 0 spiro atoms. The van der Waals surface area contributed by atoms with Crippen molar-refractivity contribution < 1.29 is 14.0 Å². The van der Waals surface area contributed by atoms with Crippen molar-refractivity contribution in [2.75, 3.05) is 18.9 Å². The largest absolute Gasteiger partial charge is 0.384 e. The molecule has 1 aromatic carbocycles. The molecule has 1 fully saturated rings. The summed E-state index contributed by atoms with van der Waals surface area (Å²) in [6.45, 7) is 2.91. The molecule has 0 radical (unpaired) electrons. The van der Waals surface area contributed by atoms with E-state index in [0.29, 0.717) is 36.6 Å². The number of aryl methyl sites for hydroxylation is 1. The monoisotopic (exact) mass is 407 g/mol. The SMILES string of the molecule is CCc1ncnc(-c2ccc(C(=O)N3CCCCO3)c(F)c2)c1-c1ccc(N)nc1.